The van der Waals surface area contributed by atoms with Crippen molar-refractivity contribution in [1.82, 2.24) is 9.88 Å². The van der Waals surface area contributed by atoms with Gasteiger partial charge in [-0.2, -0.15) is 0 Å². The van der Waals surface area contributed by atoms with Gasteiger partial charge in [-0.15, -0.1) is 11.3 Å². The maximum absolute atomic E-state index is 12.6. The van der Waals surface area contributed by atoms with E-state index in [9.17, 15) is 4.79 Å². The lowest BCUT2D eigenvalue weighted by Crippen LogP contribution is -2.26. The molecule has 0 atom stereocenters. The second kappa shape index (κ2) is 7.34. The Morgan fingerprint density at radius 3 is 2.58 bits per heavy atom. The average molecular weight is 377 g/mol. The summed E-state index contributed by atoms with van der Waals surface area (Å²) in [7, 11) is 1.74. The van der Waals surface area contributed by atoms with Crippen molar-refractivity contribution in [1.29, 1.82) is 0 Å². The van der Waals surface area contributed by atoms with Crippen molar-refractivity contribution in [2.75, 3.05) is 7.05 Å². The van der Waals surface area contributed by atoms with Crippen LogP contribution in [0.2, 0.25) is 10.0 Å². The molecule has 0 aliphatic rings. The molecule has 0 fully saturated rings. The Hall–Kier alpha value is -1.88. The van der Waals surface area contributed by atoms with E-state index in [0.717, 1.165) is 16.1 Å². The van der Waals surface area contributed by atoms with Crippen LogP contribution in [0.3, 0.4) is 0 Å². The second-order valence-corrected chi connectivity index (χ2v) is 6.99. The lowest BCUT2D eigenvalue weighted by molar-refractivity contribution is 0.0780. The van der Waals surface area contributed by atoms with E-state index >= 15 is 0 Å². The van der Waals surface area contributed by atoms with E-state index in [4.69, 9.17) is 23.2 Å². The Kier molecular flexibility index (Phi) is 5.19. The molecule has 0 radical (unpaired) electrons. The summed E-state index contributed by atoms with van der Waals surface area (Å²) in [5.74, 6) is -0.125. The minimum atomic E-state index is -0.125. The lowest BCUT2D eigenvalue weighted by Gasteiger charge is -2.16. The van der Waals surface area contributed by atoms with Gasteiger partial charge in [0.25, 0.3) is 5.91 Å². The molecule has 24 heavy (non-hydrogen) atoms. The number of thiazole rings is 1. The van der Waals surface area contributed by atoms with Gasteiger partial charge in [0.2, 0.25) is 0 Å². The van der Waals surface area contributed by atoms with Crippen molar-refractivity contribution in [3.8, 4) is 10.6 Å². The van der Waals surface area contributed by atoms with Gasteiger partial charge in [0.1, 0.15) is 10.7 Å². The Morgan fingerprint density at radius 2 is 1.88 bits per heavy atom. The number of aromatic nitrogens is 1. The first-order valence-electron chi connectivity index (χ1n) is 7.25. The summed E-state index contributed by atoms with van der Waals surface area (Å²) in [5, 5.41) is 3.61. The van der Waals surface area contributed by atoms with Gasteiger partial charge in [-0.3, -0.25) is 4.79 Å². The van der Waals surface area contributed by atoms with Crippen LogP contribution in [0.4, 0.5) is 0 Å². The number of nitrogens with zero attached hydrogens (tertiary/aromatic N) is 2. The molecule has 6 heteroatoms. The average Bonchev–Trinajstić information content (AvgIpc) is 3.08. The summed E-state index contributed by atoms with van der Waals surface area (Å²) in [6.45, 7) is 0.438. The van der Waals surface area contributed by atoms with Crippen molar-refractivity contribution in [3.05, 3.63) is 75.2 Å². The standard InChI is InChI=1S/C18H14Cl2N2OS/c1-22(10-12-7-8-14(19)15(20)9-12)18(23)16-11-24-17(21-16)13-5-3-2-4-6-13/h2-9,11H,10H2,1H3. The van der Waals surface area contributed by atoms with Crippen LogP contribution in [0, 0.1) is 0 Å². The number of amides is 1. The normalized spacial score (nSPS) is 10.6. The van der Waals surface area contributed by atoms with Crippen molar-refractivity contribution < 1.29 is 4.79 Å². The van der Waals surface area contributed by atoms with Crippen LogP contribution in [0.1, 0.15) is 16.1 Å². The maximum atomic E-state index is 12.6. The third-order valence-electron chi connectivity index (χ3n) is 3.49. The zero-order valence-electron chi connectivity index (χ0n) is 12.9. The van der Waals surface area contributed by atoms with Gasteiger partial charge in [0.05, 0.1) is 10.0 Å². The summed E-state index contributed by atoms with van der Waals surface area (Å²) in [6.07, 6.45) is 0. The maximum Gasteiger partial charge on any atom is 0.273 e. The van der Waals surface area contributed by atoms with E-state index in [-0.39, 0.29) is 5.91 Å². The van der Waals surface area contributed by atoms with Gasteiger partial charge >= 0.3 is 0 Å². The fourth-order valence-corrected chi connectivity index (χ4v) is 3.39. The van der Waals surface area contributed by atoms with Crippen LogP contribution in [-0.4, -0.2) is 22.8 Å². The first-order valence-corrected chi connectivity index (χ1v) is 8.88. The molecule has 0 N–H and O–H groups in total. The van der Waals surface area contributed by atoms with E-state index in [1.165, 1.54) is 11.3 Å². The monoisotopic (exact) mass is 376 g/mol. The molecule has 0 saturated heterocycles. The summed E-state index contributed by atoms with van der Waals surface area (Å²) in [4.78, 5) is 18.6. The van der Waals surface area contributed by atoms with Crippen LogP contribution in [0.25, 0.3) is 10.6 Å². The fraction of sp³-hybridized carbons (Fsp3) is 0.111. The molecule has 0 bridgehead atoms. The predicted molar refractivity (Wildman–Crippen MR) is 99.8 cm³/mol. The molecular formula is C18H14Cl2N2OS. The van der Waals surface area contributed by atoms with Crippen LogP contribution in [0.5, 0.6) is 0 Å². The van der Waals surface area contributed by atoms with Gasteiger partial charge in [0.15, 0.2) is 0 Å². The van der Waals surface area contributed by atoms with Gasteiger partial charge in [-0.05, 0) is 17.7 Å². The minimum Gasteiger partial charge on any atom is -0.336 e. The molecule has 0 spiro atoms. The highest BCUT2D eigenvalue weighted by atomic mass is 35.5. The van der Waals surface area contributed by atoms with Crippen LogP contribution in [0.15, 0.2) is 53.9 Å². The van der Waals surface area contributed by atoms with E-state index in [1.54, 1.807) is 29.5 Å². The summed E-state index contributed by atoms with van der Waals surface area (Å²) in [5.41, 5.74) is 2.37. The fourth-order valence-electron chi connectivity index (χ4n) is 2.26. The Balaban J connectivity index is 1.74. The molecular weight excluding hydrogens is 363 g/mol. The highest BCUT2D eigenvalue weighted by Crippen LogP contribution is 2.25. The van der Waals surface area contributed by atoms with Crippen molar-refractivity contribution in [2.24, 2.45) is 0 Å². The first kappa shape index (κ1) is 17.0. The Labute approximate surface area is 154 Å². The van der Waals surface area contributed by atoms with Crippen molar-refractivity contribution in [2.45, 2.75) is 6.54 Å². The van der Waals surface area contributed by atoms with Gasteiger partial charge in [-0.25, -0.2) is 4.98 Å². The van der Waals surface area contributed by atoms with Gasteiger partial charge in [-0.1, -0.05) is 59.6 Å². The second-order valence-electron chi connectivity index (χ2n) is 5.31. The highest BCUT2D eigenvalue weighted by molar-refractivity contribution is 7.13. The number of hydrogen-bond donors (Lipinski definition) is 0. The third kappa shape index (κ3) is 3.78. The Bertz CT molecular complexity index is 864. The van der Waals surface area contributed by atoms with Gasteiger partial charge < -0.3 is 4.90 Å². The molecule has 2 aromatic carbocycles. The highest BCUT2D eigenvalue weighted by Gasteiger charge is 2.16. The molecule has 0 aliphatic heterocycles. The molecule has 3 aromatic rings. The van der Waals surface area contributed by atoms with Crippen LogP contribution >= 0.6 is 34.5 Å². The zero-order chi connectivity index (χ0) is 17.1. The summed E-state index contributed by atoms with van der Waals surface area (Å²) < 4.78 is 0. The SMILES string of the molecule is CN(Cc1ccc(Cl)c(Cl)c1)C(=O)c1csc(-c2ccccc2)n1. The lowest BCUT2D eigenvalue weighted by atomic mass is 10.2. The van der Waals surface area contributed by atoms with E-state index in [1.807, 2.05) is 36.4 Å². The van der Waals surface area contributed by atoms with Crippen molar-refractivity contribution in [3.63, 3.8) is 0 Å². The largest absolute Gasteiger partial charge is 0.336 e. The number of rotatable bonds is 4. The molecule has 122 valence electrons. The van der Waals surface area contributed by atoms with E-state index in [0.29, 0.717) is 22.3 Å². The Morgan fingerprint density at radius 1 is 1.12 bits per heavy atom. The smallest absolute Gasteiger partial charge is 0.273 e. The molecule has 1 heterocycles. The first-order chi connectivity index (χ1) is 11.5. The molecule has 3 nitrogen and oxygen atoms in total. The number of carbonyl (C=O) groups excluding carboxylic acids is 1. The molecule has 3 rings (SSSR count). The van der Waals surface area contributed by atoms with Crippen LogP contribution < -0.4 is 0 Å². The number of carbonyl (C=O) groups is 1. The molecule has 0 saturated carbocycles. The van der Waals surface area contributed by atoms with E-state index < -0.39 is 0 Å². The molecule has 0 unspecified atom stereocenters. The number of hydrogen-bond acceptors (Lipinski definition) is 3. The molecule has 1 aromatic heterocycles. The predicted octanol–water partition coefficient (Wildman–Crippen LogP) is 5.39. The summed E-state index contributed by atoms with van der Waals surface area (Å²) >= 11 is 13.4. The van der Waals surface area contributed by atoms with E-state index in [2.05, 4.69) is 4.98 Å². The quantitative estimate of drug-likeness (QED) is 0.611. The third-order valence-corrected chi connectivity index (χ3v) is 5.12. The number of halogens is 2. The van der Waals surface area contributed by atoms with Crippen molar-refractivity contribution >= 4 is 40.4 Å². The minimum absolute atomic E-state index is 0.125. The van der Waals surface area contributed by atoms with Gasteiger partial charge in [0, 0.05) is 24.5 Å². The molecule has 1 amide bonds. The zero-order valence-corrected chi connectivity index (χ0v) is 15.2. The van der Waals surface area contributed by atoms with Crippen LogP contribution in [-0.2, 0) is 6.54 Å². The summed E-state index contributed by atoms with van der Waals surface area (Å²) in [6, 6.07) is 15.2. The number of benzene rings is 2. The molecule has 0 aliphatic carbocycles. The topological polar surface area (TPSA) is 33.2 Å².